The standard InChI is InChI=1S/C52H44IO2S2.3ClHO4/c1-37-13-5-9-17-49(37)56(50-18-10-6-14-38(50)2)47-33-29-45(30-34-47)54-43-25-21-41(22-26-43)53-42-23-27-44(28-24-42)55-46-31-35-48(36-32-46)57(51-19-11-7-15-39(51)3)52-20-12-8-16-40(52)4;3*2-1(3,4)5/h5-36H,1-4H3;3*(H,2,3,4,5)/q+3;;;/p-3. The van der Waals surface area contributed by atoms with Crippen molar-refractivity contribution in [2.45, 2.75) is 57.1 Å². The van der Waals surface area contributed by atoms with Crippen molar-refractivity contribution in [3.8, 4) is 23.0 Å². The van der Waals surface area contributed by atoms with Crippen LogP contribution in [0.1, 0.15) is 22.3 Å². The van der Waals surface area contributed by atoms with E-state index in [2.05, 4.69) is 222 Å². The van der Waals surface area contributed by atoms with Crippen LogP contribution in [0.4, 0.5) is 0 Å². The van der Waals surface area contributed by atoms with E-state index in [9.17, 15) is 0 Å². The molecule has 0 spiro atoms. The van der Waals surface area contributed by atoms with Gasteiger partial charge in [0.2, 0.25) is 0 Å². The third kappa shape index (κ3) is 20.2. The zero-order valence-corrected chi connectivity index (χ0v) is 44.6. The summed E-state index contributed by atoms with van der Waals surface area (Å²) in [6.07, 6.45) is 0. The molecule has 0 N–H and O–H groups in total. The van der Waals surface area contributed by atoms with Gasteiger partial charge in [-0.3, -0.25) is 0 Å². The fraction of sp³-hybridized carbons (Fsp3) is 0.0769. The minimum Gasteiger partial charge on any atom is -0.457 e. The van der Waals surface area contributed by atoms with Crippen molar-refractivity contribution in [3.63, 3.8) is 0 Å². The van der Waals surface area contributed by atoms with Crippen molar-refractivity contribution in [1.82, 2.24) is 0 Å². The highest BCUT2D eigenvalue weighted by Gasteiger charge is 2.33. The van der Waals surface area contributed by atoms with Gasteiger partial charge in [-0.25, -0.2) is 55.9 Å². The van der Waals surface area contributed by atoms with Crippen molar-refractivity contribution < 1.29 is 117 Å². The fourth-order valence-electron chi connectivity index (χ4n) is 6.70. The molecule has 0 fully saturated rings. The summed E-state index contributed by atoms with van der Waals surface area (Å²) >= 11 is -0.353. The Labute approximate surface area is 439 Å². The monoisotopic (exact) mass is 1190 g/mol. The van der Waals surface area contributed by atoms with Crippen LogP contribution < -0.4 is 86.6 Å². The maximum absolute atomic E-state index is 8.49. The minimum absolute atomic E-state index is 0.203. The van der Waals surface area contributed by atoms with Crippen LogP contribution in [0.5, 0.6) is 23.0 Å². The normalized spacial score (nSPS) is 11.4. The third-order valence-electron chi connectivity index (χ3n) is 9.69. The lowest BCUT2D eigenvalue weighted by Gasteiger charge is -2.17. The smallest absolute Gasteiger partial charge is 0.357 e. The quantitative estimate of drug-likeness (QED) is 0.0850. The Morgan fingerprint density at radius 3 is 0.694 bits per heavy atom. The van der Waals surface area contributed by atoms with Crippen LogP contribution in [-0.2, 0) is 21.8 Å². The summed E-state index contributed by atoms with van der Waals surface area (Å²) < 4.78 is 117. The molecule has 0 aliphatic carbocycles. The molecule has 0 saturated carbocycles. The highest BCUT2D eigenvalue weighted by molar-refractivity contribution is 7.97. The Bertz CT molecular complexity index is 2620. The number of hydrogen-bond acceptors (Lipinski definition) is 14. The Kier molecular flexibility index (Phi) is 21.7. The molecule has 8 aromatic rings. The summed E-state index contributed by atoms with van der Waals surface area (Å²) in [6.45, 7) is 8.82. The number of rotatable bonds is 12. The van der Waals surface area contributed by atoms with E-state index in [4.69, 9.17) is 65.4 Å². The second kappa shape index (κ2) is 26.9. The molecule has 8 rings (SSSR count). The van der Waals surface area contributed by atoms with Crippen LogP contribution >= 0.6 is 0 Å². The maximum atomic E-state index is 8.49. The molecule has 376 valence electrons. The van der Waals surface area contributed by atoms with E-state index < -0.39 is 30.7 Å². The van der Waals surface area contributed by atoms with Gasteiger partial charge in [0.15, 0.2) is 36.5 Å². The van der Waals surface area contributed by atoms with Gasteiger partial charge in [-0.1, -0.05) is 72.8 Å². The molecule has 0 saturated heterocycles. The highest BCUT2D eigenvalue weighted by atomic mass is 127. The maximum Gasteiger partial charge on any atom is 0.357 e. The first-order chi connectivity index (χ1) is 33.9. The van der Waals surface area contributed by atoms with Gasteiger partial charge in [-0.2, -0.15) is 0 Å². The lowest BCUT2D eigenvalue weighted by Crippen LogP contribution is -3.61. The summed E-state index contributed by atoms with van der Waals surface area (Å²) in [5, 5.41) is 0. The van der Waals surface area contributed by atoms with Gasteiger partial charge >= 0.3 is 21.2 Å². The molecule has 0 aliphatic rings. The molecular formula is C52H44Cl3IO14S2. The van der Waals surface area contributed by atoms with Gasteiger partial charge in [-0.15, -0.1) is 30.7 Å². The van der Waals surface area contributed by atoms with Gasteiger partial charge in [0.25, 0.3) is 0 Å². The SMILES string of the molecule is Cc1ccccc1[S+](c1ccc(Oc2ccc([I+]c3ccc(Oc4ccc([S+](c5ccccc5C)c5ccccc5C)cc4)cc3)cc2)cc1)c1ccccc1C.[O-][Cl+3]([O-])([O-])[O-].[O-][Cl+3]([O-])([O-])[O-].[O-][Cl+3]([O-])([O-])[O-]. The van der Waals surface area contributed by atoms with Gasteiger partial charge in [0, 0.05) is 22.3 Å². The number of aryl methyl sites for hydroxylation is 4. The van der Waals surface area contributed by atoms with E-state index in [-0.39, 0.29) is 43.0 Å². The first kappa shape index (κ1) is 58.1. The Hall–Kier alpha value is -4.82. The first-order valence-electron chi connectivity index (χ1n) is 20.9. The molecule has 0 unspecified atom stereocenters. The lowest BCUT2D eigenvalue weighted by molar-refractivity contribution is -2.00. The van der Waals surface area contributed by atoms with Crippen molar-refractivity contribution >= 4 is 21.8 Å². The fourth-order valence-corrected chi connectivity index (χ4v) is 13.6. The molecule has 0 aromatic heterocycles. The largest absolute Gasteiger partial charge is 0.457 e. The van der Waals surface area contributed by atoms with Crippen LogP contribution in [-0.4, -0.2) is 0 Å². The van der Waals surface area contributed by atoms with Gasteiger partial charge in [0.1, 0.15) is 23.0 Å². The molecule has 72 heavy (non-hydrogen) atoms. The number of halogens is 4. The van der Waals surface area contributed by atoms with Crippen molar-refractivity contribution in [1.29, 1.82) is 0 Å². The second-order valence-electron chi connectivity index (χ2n) is 15.0. The van der Waals surface area contributed by atoms with Crippen LogP contribution in [0.2, 0.25) is 0 Å². The van der Waals surface area contributed by atoms with E-state index in [0.29, 0.717) is 0 Å². The number of hydrogen-bond donors (Lipinski definition) is 0. The highest BCUT2D eigenvalue weighted by Crippen LogP contribution is 2.37. The van der Waals surface area contributed by atoms with Crippen molar-refractivity contribution in [2.24, 2.45) is 0 Å². The van der Waals surface area contributed by atoms with Crippen LogP contribution in [0.25, 0.3) is 0 Å². The Morgan fingerprint density at radius 2 is 0.486 bits per heavy atom. The zero-order valence-electron chi connectivity index (χ0n) is 38.5. The lowest BCUT2D eigenvalue weighted by atomic mass is 10.2. The van der Waals surface area contributed by atoms with E-state index in [1.54, 1.807) is 0 Å². The predicted octanol–water partition coefficient (Wildman–Crippen LogP) is -3.44. The molecule has 0 radical (unpaired) electrons. The Morgan fingerprint density at radius 1 is 0.292 bits per heavy atom. The van der Waals surface area contributed by atoms with E-state index in [1.807, 2.05) is 0 Å². The molecule has 14 nitrogen and oxygen atoms in total. The minimum atomic E-state index is -4.94. The van der Waals surface area contributed by atoms with Crippen LogP contribution in [0.15, 0.2) is 223 Å². The van der Waals surface area contributed by atoms with Gasteiger partial charge in [0.05, 0.1) is 21.8 Å². The van der Waals surface area contributed by atoms with Crippen LogP contribution in [0.3, 0.4) is 0 Å². The zero-order chi connectivity index (χ0) is 52.6. The second-order valence-corrected chi connectivity index (χ2v) is 24.2. The third-order valence-corrected chi connectivity index (χ3v) is 17.5. The van der Waals surface area contributed by atoms with Crippen molar-refractivity contribution in [2.75, 3.05) is 0 Å². The molecule has 20 heteroatoms. The summed E-state index contributed by atoms with van der Waals surface area (Å²) in [5.74, 6) is 3.35. The molecular weight excluding hydrogens is 1150 g/mol. The molecule has 0 heterocycles. The number of ether oxygens (including phenoxy) is 2. The molecule has 0 bridgehead atoms. The van der Waals surface area contributed by atoms with Crippen LogP contribution in [0, 0.1) is 65.6 Å². The number of benzene rings is 8. The average Bonchev–Trinajstić information content (AvgIpc) is 3.30. The summed E-state index contributed by atoms with van der Waals surface area (Å²) in [7, 11) is -15.2. The molecule has 0 aliphatic heterocycles. The summed E-state index contributed by atoms with van der Waals surface area (Å²) in [4.78, 5) is 7.98. The van der Waals surface area contributed by atoms with Crippen molar-refractivity contribution in [3.05, 3.63) is 224 Å². The Balaban J connectivity index is 0.000000563. The first-order valence-corrected chi connectivity index (χ1v) is 29.2. The average molecular weight is 1190 g/mol. The molecule has 0 amide bonds. The van der Waals surface area contributed by atoms with Gasteiger partial charge < -0.3 is 9.47 Å². The topological polar surface area (TPSA) is 295 Å². The van der Waals surface area contributed by atoms with E-state index in [1.165, 1.54) is 58.8 Å². The van der Waals surface area contributed by atoms with E-state index >= 15 is 0 Å². The summed E-state index contributed by atoms with van der Waals surface area (Å²) in [5.41, 5.74) is 5.22. The van der Waals surface area contributed by atoms with E-state index in [0.717, 1.165) is 23.0 Å². The predicted molar refractivity (Wildman–Crippen MR) is 232 cm³/mol. The molecule has 8 aromatic carbocycles. The van der Waals surface area contributed by atoms with Gasteiger partial charge in [-0.05, 0) is 149 Å². The summed E-state index contributed by atoms with van der Waals surface area (Å²) in [6, 6.07) is 69.2. The molecule has 0 atom stereocenters.